The Bertz CT molecular complexity index is 432. The first-order valence-electron chi connectivity index (χ1n) is 7.38. The van der Waals surface area contributed by atoms with Gasteiger partial charge in [0.1, 0.15) is 5.82 Å². The molecule has 1 N–H and O–H groups in total. The SMILES string of the molecule is CCCNCC1(Cc2cc(F)ccc2Cl)CCOCC1. The first-order valence-corrected chi connectivity index (χ1v) is 7.75. The standard InChI is InChI=1S/C16H23ClFNO/c1-2-7-19-12-16(5-8-20-9-6-16)11-13-10-14(18)3-4-15(13)17/h3-4,10,19H,2,5-9,11-12H2,1H3. The molecular weight excluding hydrogens is 277 g/mol. The maximum atomic E-state index is 13.4. The van der Waals surface area contributed by atoms with Crippen molar-refractivity contribution in [2.24, 2.45) is 5.41 Å². The summed E-state index contributed by atoms with van der Waals surface area (Å²) in [6, 6.07) is 4.63. The minimum absolute atomic E-state index is 0.130. The van der Waals surface area contributed by atoms with Crippen LogP contribution in [-0.4, -0.2) is 26.3 Å². The van der Waals surface area contributed by atoms with Gasteiger partial charge in [0.2, 0.25) is 0 Å². The smallest absolute Gasteiger partial charge is 0.123 e. The number of nitrogens with one attached hydrogen (secondary N) is 1. The Balaban J connectivity index is 2.12. The van der Waals surface area contributed by atoms with E-state index in [1.54, 1.807) is 12.1 Å². The molecule has 1 aromatic rings. The van der Waals surface area contributed by atoms with Gasteiger partial charge < -0.3 is 10.1 Å². The summed E-state index contributed by atoms with van der Waals surface area (Å²) in [5.41, 5.74) is 1.04. The summed E-state index contributed by atoms with van der Waals surface area (Å²) < 4.78 is 18.9. The Hall–Kier alpha value is -0.640. The summed E-state index contributed by atoms with van der Waals surface area (Å²) in [6.45, 7) is 5.67. The van der Waals surface area contributed by atoms with E-state index in [4.69, 9.17) is 16.3 Å². The number of hydrogen-bond acceptors (Lipinski definition) is 2. The van der Waals surface area contributed by atoms with Crippen molar-refractivity contribution >= 4 is 11.6 Å². The van der Waals surface area contributed by atoms with E-state index in [1.807, 2.05) is 0 Å². The summed E-state index contributed by atoms with van der Waals surface area (Å²) in [6.07, 6.45) is 3.92. The van der Waals surface area contributed by atoms with Crippen LogP contribution >= 0.6 is 11.6 Å². The van der Waals surface area contributed by atoms with Gasteiger partial charge in [-0.05, 0) is 61.4 Å². The molecule has 1 saturated heterocycles. The van der Waals surface area contributed by atoms with E-state index in [0.717, 1.165) is 57.6 Å². The maximum absolute atomic E-state index is 13.4. The Morgan fingerprint density at radius 2 is 2.10 bits per heavy atom. The van der Waals surface area contributed by atoms with Gasteiger partial charge in [0.15, 0.2) is 0 Å². The molecule has 0 spiro atoms. The number of rotatable bonds is 6. The van der Waals surface area contributed by atoms with Gasteiger partial charge in [-0.3, -0.25) is 0 Å². The highest BCUT2D eigenvalue weighted by Crippen LogP contribution is 2.35. The third kappa shape index (κ3) is 4.18. The molecule has 0 aromatic heterocycles. The van der Waals surface area contributed by atoms with Crippen LogP contribution in [0.25, 0.3) is 0 Å². The van der Waals surface area contributed by atoms with Crippen LogP contribution in [0.2, 0.25) is 5.02 Å². The van der Waals surface area contributed by atoms with Gasteiger partial charge in [-0.2, -0.15) is 0 Å². The quantitative estimate of drug-likeness (QED) is 0.806. The van der Waals surface area contributed by atoms with E-state index in [9.17, 15) is 4.39 Å². The van der Waals surface area contributed by atoms with Gasteiger partial charge in [-0.1, -0.05) is 18.5 Å². The topological polar surface area (TPSA) is 21.3 Å². The summed E-state index contributed by atoms with van der Waals surface area (Å²) >= 11 is 6.22. The highest BCUT2D eigenvalue weighted by Gasteiger charge is 2.33. The van der Waals surface area contributed by atoms with Gasteiger partial charge in [-0.15, -0.1) is 0 Å². The summed E-state index contributed by atoms with van der Waals surface area (Å²) in [5, 5.41) is 4.17. The van der Waals surface area contributed by atoms with Crippen LogP contribution in [0.1, 0.15) is 31.7 Å². The van der Waals surface area contributed by atoms with E-state index in [2.05, 4.69) is 12.2 Å². The third-order valence-corrected chi connectivity index (χ3v) is 4.42. The molecule has 4 heteroatoms. The van der Waals surface area contributed by atoms with Gasteiger partial charge >= 0.3 is 0 Å². The van der Waals surface area contributed by atoms with Gasteiger partial charge in [-0.25, -0.2) is 4.39 Å². The lowest BCUT2D eigenvalue weighted by molar-refractivity contribution is 0.0150. The van der Waals surface area contributed by atoms with Crippen molar-refractivity contribution in [3.63, 3.8) is 0 Å². The normalized spacial score (nSPS) is 18.1. The number of hydrogen-bond donors (Lipinski definition) is 1. The minimum Gasteiger partial charge on any atom is -0.381 e. The second-order valence-electron chi connectivity index (χ2n) is 5.70. The van der Waals surface area contributed by atoms with Gasteiger partial charge in [0.05, 0.1) is 0 Å². The van der Waals surface area contributed by atoms with Crippen molar-refractivity contribution < 1.29 is 9.13 Å². The van der Waals surface area contributed by atoms with Crippen LogP contribution in [0, 0.1) is 11.2 Å². The van der Waals surface area contributed by atoms with Crippen LogP contribution in [0.4, 0.5) is 4.39 Å². The van der Waals surface area contributed by atoms with E-state index in [1.165, 1.54) is 6.07 Å². The first-order chi connectivity index (χ1) is 9.65. The zero-order valence-electron chi connectivity index (χ0n) is 12.1. The van der Waals surface area contributed by atoms with E-state index < -0.39 is 0 Å². The van der Waals surface area contributed by atoms with Crippen molar-refractivity contribution in [3.05, 3.63) is 34.6 Å². The maximum Gasteiger partial charge on any atom is 0.123 e. The highest BCUT2D eigenvalue weighted by atomic mass is 35.5. The Morgan fingerprint density at radius 1 is 1.35 bits per heavy atom. The molecule has 0 amide bonds. The Morgan fingerprint density at radius 3 is 2.80 bits per heavy atom. The Kier molecular flexibility index (Phi) is 5.82. The molecule has 0 bridgehead atoms. The number of benzene rings is 1. The summed E-state index contributed by atoms with van der Waals surface area (Å²) in [5.74, 6) is -0.215. The summed E-state index contributed by atoms with van der Waals surface area (Å²) in [7, 11) is 0. The molecule has 0 radical (unpaired) electrons. The zero-order chi connectivity index (χ0) is 14.4. The molecule has 0 saturated carbocycles. The first kappa shape index (κ1) is 15.7. The van der Waals surface area contributed by atoms with Crippen LogP contribution in [0.5, 0.6) is 0 Å². The molecule has 20 heavy (non-hydrogen) atoms. The highest BCUT2D eigenvalue weighted by molar-refractivity contribution is 6.31. The van der Waals surface area contributed by atoms with E-state index in [0.29, 0.717) is 5.02 Å². The van der Waals surface area contributed by atoms with Crippen molar-refractivity contribution in [1.82, 2.24) is 5.32 Å². The van der Waals surface area contributed by atoms with Crippen molar-refractivity contribution in [1.29, 1.82) is 0 Å². The second kappa shape index (κ2) is 7.39. The van der Waals surface area contributed by atoms with Crippen LogP contribution < -0.4 is 5.32 Å². The molecule has 1 fully saturated rings. The molecule has 1 aromatic carbocycles. The fraction of sp³-hybridized carbons (Fsp3) is 0.625. The van der Waals surface area contributed by atoms with Gasteiger partial charge in [0, 0.05) is 24.8 Å². The Labute approximate surface area is 125 Å². The third-order valence-electron chi connectivity index (χ3n) is 4.05. The minimum atomic E-state index is -0.215. The molecular formula is C16H23ClFNO. The van der Waals surface area contributed by atoms with Crippen LogP contribution in [0.15, 0.2) is 18.2 Å². The van der Waals surface area contributed by atoms with E-state index >= 15 is 0 Å². The molecule has 2 rings (SSSR count). The predicted octanol–water partition coefficient (Wildman–Crippen LogP) is 3.82. The molecule has 1 heterocycles. The number of halogens is 2. The van der Waals surface area contributed by atoms with Crippen molar-refractivity contribution in [2.45, 2.75) is 32.6 Å². The largest absolute Gasteiger partial charge is 0.381 e. The monoisotopic (exact) mass is 299 g/mol. The average Bonchev–Trinajstić information content (AvgIpc) is 2.44. The van der Waals surface area contributed by atoms with Crippen LogP contribution in [-0.2, 0) is 11.2 Å². The second-order valence-corrected chi connectivity index (χ2v) is 6.11. The predicted molar refractivity (Wildman–Crippen MR) is 80.8 cm³/mol. The molecule has 0 unspecified atom stereocenters. The van der Waals surface area contributed by atoms with Crippen molar-refractivity contribution in [3.8, 4) is 0 Å². The molecule has 112 valence electrons. The average molecular weight is 300 g/mol. The summed E-state index contributed by atoms with van der Waals surface area (Å²) in [4.78, 5) is 0. The molecule has 0 aliphatic carbocycles. The molecule has 0 atom stereocenters. The molecule has 1 aliphatic rings. The van der Waals surface area contributed by atoms with Gasteiger partial charge in [0.25, 0.3) is 0 Å². The van der Waals surface area contributed by atoms with Crippen LogP contribution in [0.3, 0.4) is 0 Å². The number of ether oxygens (including phenoxy) is 1. The molecule has 1 aliphatic heterocycles. The molecule has 2 nitrogen and oxygen atoms in total. The fourth-order valence-corrected chi connectivity index (χ4v) is 3.02. The zero-order valence-corrected chi connectivity index (χ0v) is 12.8. The van der Waals surface area contributed by atoms with Crippen molar-refractivity contribution in [2.75, 3.05) is 26.3 Å². The lowest BCUT2D eigenvalue weighted by atomic mass is 9.75. The lowest BCUT2D eigenvalue weighted by Crippen LogP contribution is -2.41. The fourth-order valence-electron chi connectivity index (χ4n) is 2.83. The van der Waals surface area contributed by atoms with E-state index in [-0.39, 0.29) is 11.2 Å². The lowest BCUT2D eigenvalue weighted by Gasteiger charge is -2.38.